The third-order valence-corrected chi connectivity index (χ3v) is 8.03. The Balaban J connectivity index is 1.07. The number of fused-ring (bicyclic) bond motifs is 1. The van der Waals surface area contributed by atoms with Crippen LogP contribution < -0.4 is 10.1 Å². The highest BCUT2D eigenvalue weighted by Gasteiger charge is 2.20. The number of likely N-dealkylation sites (tertiary alicyclic amines) is 1. The number of rotatable bonds is 8. The van der Waals surface area contributed by atoms with Crippen molar-refractivity contribution in [1.82, 2.24) is 19.5 Å². The first-order chi connectivity index (χ1) is 19.1. The second-order valence-electron chi connectivity index (χ2n) is 9.90. The molecule has 1 N–H and O–H groups in total. The van der Waals surface area contributed by atoms with Crippen molar-refractivity contribution in [1.29, 1.82) is 0 Å². The summed E-state index contributed by atoms with van der Waals surface area (Å²) in [5.74, 6) is 3.23. The summed E-state index contributed by atoms with van der Waals surface area (Å²) in [6, 6.07) is 28.2. The molecule has 2 aromatic heterocycles. The molecule has 1 fully saturated rings. The summed E-state index contributed by atoms with van der Waals surface area (Å²) >= 11 is 10.1. The number of para-hydroxylation sites is 1. The van der Waals surface area contributed by atoms with Crippen LogP contribution in [0.5, 0.6) is 11.5 Å². The maximum atomic E-state index is 6.49. The van der Waals surface area contributed by atoms with E-state index in [1.807, 2.05) is 71.2 Å². The predicted molar refractivity (Wildman–Crippen MR) is 161 cm³/mol. The van der Waals surface area contributed by atoms with E-state index in [1.165, 1.54) is 5.56 Å². The lowest BCUT2D eigenvalue weighted by Gasteiger charge is -2.32. The lowest BCUT2D eigenvalue weighted by atomic mass is 9.96. The molecular weight excluding hydrogens is 574 g/mol. The molecule has 39 heavy (non-hydrogen) atoms. The summed E-state index contributed by atoms with van der Waals surface area (Å²) in [5, 5.41) is 8.86. The Hall–Kier alpha value is -3.39. The minimum Gasteiger partial charge on any atom is -0.457 e. The number of nitrogens with zero attached hydrogens (tertiary/aromatic N) is 4. The summed E-state index contributed by atoms with van der Waals surface area (Å²) in [4.78, 5) is 7.34. The highest BCUT2D eigenvalue weighted by Crippen LogP contribution is 2.31. The van der Waals surface area contributed by atoms with Gasteiger partial charge in [0.1, 0.15) is 17.3 Å². The normalized spacial score (nSPS) is 14.5. The van der Waals surface area contributed by atoms with Crippen LogP contribution in [0.3, 0.4) is 0 Å². The van der Waals surface area contributed by atoms with Crippen molar-refractivity contribution < 1.29 is 4.74 Å². The summed E-state index contributed by atoms with van der Waals surface area (Å²) < 4.78 is 8.73. The highest BCUT2D eigenvalue weighted by atomic mass is 79.9. The van der Waals surface area contributed by atoms with Crippen molar-refractivity contribution in [3.63, 3.8) is 0 Å². The number of hydrogen-bond acceptors (Lipinski definition) is 5. The van der Waals surface area contributed by atoms with Gasteiger partial charge >= 0.3 is 0 Å². The average Bonchev–Trinajstić information content (AvgIpc) is 3.34. The molecule has 0 unspecified atom stereocenters. The van der Waals surface area contributed by atoms with E-state index in [9.17, 15) is 0 Å². The molecule has 0 atom stereocenters. The van der Waals surface area contributed by atoms with E-state index in [-0.39, 0.29) is 0 Å². The summed E-state index contributed by atoms with van der Waals surface area (Å²) in [6.45, 7) is 3.95. The topological polar surface area (TPSA) is 54.7 Å². The Labute approximate surface area is 241 Å². The molecule has 0 spiro atoms. The van der Waals surface area contributed by atoms with Crippen molar-refractivity contribution in [2.75, 3.05) is 25.0 Å². The van der Waals surface area contributed by atoms with Gasteiger partial charge in [-0.15, -0.1) is 0 Å². The van der Waals surface area contributed by atoms with E-state index in [0.717, 1.165) is 77.7 Å². The van der Waals surface area contributed by atoms with Crippen LogP contribution in [0.15, 0.2) is 95.6 Å². The smallest absolute Gasteiger partial charge is 0.172 e. The molecule has 0 saturated carbocycles. The second kappa shape index (κ2) is 11.8. The number of aromatic nitrogens is 3. The third kappa shape index (κ3) is 6.11. The van der Waals surface area contributed by atoms with E-state index in [0.29, 0.717) is 10.9 Å². The van der Waals surface area contributed by atoms with Crippen molar-refractivity contribution in [3.8, 4) is 22.8 Å². The number of nitrogens with one attached hydrogen (secondary N) is 1. The Morgan fingerprint density at radius 1 is 0.923 bits per heavy atom. The van der Waals surface area contributed by atoms with E-state index in [1.54, 1.807) is 6.20 Å². The molecule has 3 heterocycles. The summed E-state index contributed by atoms with van der Waals surface area (Å²) in [7, 11) is 0. The van der Waals surface area contributed by atoms with Crippen LogP contribution in [0, 0.1) is 5.92 Å². The van der Waals surface area contributed by atoms with Crippen molar-refractivity contribution in [3.05, 3.63) is 106 Å². The number of hydrogen-bond donors (Lipinski definition) is 1. The molecule has 6 rings (SSSR count). The van der Waals surface area contributed by atoms with Gasteiger partial charge in [-0.2, -0.15) is 9.61 Å². The Bertz CT molecular complexity index is 1570. The van der Waals surface area contributed by atoms with Gasteiger partial charge in [0, 0.05) is 29.7 Å². The zero-order valence-corrected chi connectivity index (χ0v) is 23.8. The van der Waals surface area contributed by atoms with E-state index < -0.39 is 0 Å². The van der Waals surface area contributed by atoms with Crippen LogP contribution in [0.1, 0.15) is 18.4 Å². The van der Waals surface area contributed by atoms with Crippen molar-refractivity contribution in [2.45, 2.75) is 19.4 Å². The molecule has 0 bridgehead atoms. The SMILES string of the molecule is Clc1ccccc1-c1cc(NCC2CCN(Cc3cccc(Oc4ccccc4)c3)CC2)n2ncc(Br)c2n1. The number of benzene rings is 3. The van der Waals surface area contributed by atoms with Gasteiger partial charge < -0.3 is 10.1 Å². The summed E-state index contributed by atoms with van der Waals surface area (Å²) in [6.07, 6.45) is 4.06. The van der Waals surface area contributed by atoms with Gasteiger partial charge in [0.25, 0.3) is 0 Å². The van der Waals surface area contributed by atoms with Gasteiger partial charge in [-0.25, -0.2) is 4.98 Å². The van der Waals surface area contributed by atoms with Crippen LogP contribution in [-0.2, 0) is 6.54 Å². The quantitative estimate of drug-likeness (QED) is 0.195. The fourth-order valence-electron chi connectivity index (χ4n) is 5.06. The molecule has 1 aliphatic heterocycles. The monoisotopic (exact) mass is 601 g/mol. The lowest BCUT2D eigenvalue weighted by Crippen LogP contribution is -2.35. The van der Waals surface area contributed by atoms with Gasteiger partial charge in [0.15, 0.2) is 5.65 Å². The lowest BCUT2D eigenvalue weighted by molar-refractivity contribution is 0.182. The second-order valence-corrected chi connectivity index (χ2v) is 11.2. The van der Waals surface area contributed by atoms with Crippen LogP contribution >= 0.6 is 27.5 Å². The summed E-state index contributed by atoms with van der Waals surface area (Å²) in [5.41, 5.74) is 3.77. The maximum absolute atomic E-state index is 6.49. The molecule has 8 heteroatoms. The highest BCUT2D eigenvalue weighted by molar-refractivity contribution is 9.10. The Kier molecular flexibility index (Phi) is 7.81. The van der Waals surface area contributed by atoms with Gasteiger partial charge in [0.05, 0.1) is 16.4 Å². The van der Waals surface area contributed by atoms with Crippen LogP contribution in [-0.4, -0.2) is 39.1 Å². The van der Waals surface area contributed by atoms with Gasteiger partial charge in [-0.1, -0.05) is 60.1 Å². The van der Waals surface area contributed by atoms with E-state index in [4.69, 9.17) is 21.3 Å². The van der Waals surface area contributed by atoms with Crippen LogP contribution in [0.2, 0.25) is 5.02 Å². The molecule has 6 nitrogen and oxygen atoms in total. The van der Waals surface area contributed by atoms with Crippen LogP contribution in [0.4, 0.5) is 5.82 Å². The zero-order valence-electron chi connectivity index (χ0n) is 21.4. The predicted octanol–water partition coefficient (Wildman–Crippen LogP) is 7.93. The first-order valence-electron chi connectivity index (χ1n) is 13.2. The molecule has 1 saturated heterocycles. The molecule has 0 aliphatic carbocycles. The van der Waals surface area contributed by atoms with Gasteiger partial charge in [-0.05, 0) is 83.7 Å². The molecule has 5 aromatic rings. The van der Waals surface area contributed by atoms with Crippen molar-refractivity contribution >= 4 is 39.0 Å². The number of ether oxygens (including phenoxy) is 1. The Morgan fingerprint density at radius 2 is 1.69 bits per heavy atom. The number of anilines is 1. The third-order valence-electron chi connectivity index (χ3n) is 7.14. The molecule has 0 radical (unpaired) electrons. The van der Waals surface area contributed by atoms with Gasteiger partial charge in [0.2, 0.25) is 0 Å². The minimum atomic E-state index is 0.583. The van der Waals surface area contributed by atoms with Crippen LogP contribution in [0.25, 0.3) is 16.9 Å². The Morgan fingerprint density at radius 3 is 2.51 bits per heavy atom. The minimum absolute atomic E-state index is 0.583. The average molecular weight is 603 g/mol. The molecule has 3 aromatic carbocycles. The largest absolute Gasteiger partial charge is 0.457 e. The first kappa shape index (κ1) is 25.9. The zero-order chi connectivity index (χ0) is 26.6. The maximum Gasteiger partial charge on any atom is 0.172 e. The molecule has 0 amide bonds. The standard InChI is InChI=1S/C31H29BrClN5O/c32-27-20-35-38-30(18-29(36-31(27)38)26-11-4-5-12-28(26)33)34-19-22-13-15-37(16-14-22)21-23-7-6-10-25(17-23)39-24-8-2-1-3-9-24/h1-12,17-18,20,22,34H,13-16,19,21H2. The fourth-order valence-corrected chi connectivity index (χ4v) is 5.64. The van der Waals surface area contributed by atoms with Crippen molar-refractivity contribution in [2.24, 2.45) is 5.92 Å². The molecule has 198 valence electrons. The van der Waals surface area contributed by atoms with E-state index in [2.05, 4.69) is 49.4 Å². The first-order valence-corrected chi connectivity index (χ1v) is 14.4. The fraction of sp³-hybridized carbons (Fsp3) is 0.226. The molecule has 1 aliphatic rings. The number of piperidine rings is 1. The van der Waals surface area contributed by atoms with Gasteiger partial charge in [-0.3, -0.25) is 4.90 Å². The molecular formula is C31H29BrClN5O. The van der Waals surface area contributed by atoms with E-state index >= 15 is 0 Å². The number of halogens is 2.